The molecule has 0 atom stereocenters. The summed E-state index contributed by atoms with van der Waals surface area (Å²) in [6.07, 6.45) is 3.99. The molecule has 0 aliphatic heterocycles. The van der Waals surface area contributed by atoms with Crippen molar-refractivity contribution in [2.45, 2.75) is 59.3 Å². The fraction of sp³-hybridized carbons (Fsp3) is 0.262. The Morgan fingerprint density at radius 2 is 1.29 bits per heavy atom. The van der Waals surface area contributed by atoms with E-state index >= 15 is 0 Å². The van der Waals surface area contributed by atoms with E-state index in [2.05, 4.69) is 163 Å². The Morgan fingerprint density at radius 3 is 1.94 bits per heavy atom. The molecule has 0 saturated heterocycles. The second kappa shape index (κ2) is 13.6. The Kier molecular flexibility index (Phi) is 9.94. The minimum Gasteiger partial charge on any atom is -0.331 e. The van der Waals surface area contributed by atoms with E-state index < -0.39 is 0 Å². The van der Waals surface area contributed by atoms with Gasteiger partial charge in [-0.25, -0.2) is 15.0 Å². The molecule has 0 radical (unpaired) electrons. The molecule has 0 fully saturated rings. The van der Waals surface area contributed by atoms with Crippen molar-refractivity contribution in [3.8, 4) is 45.0 Å². The van der Waals surface area contributed by atoms with Crippen LogP contribution in [0.4, 0.5) is 11.5 Å². The first-order chi connectivity index (χ1) is 22.3. The molecular weight excluding hydrogens is 770 g/mol. The molecule has 3 heterocycles. The zero-order valence-corrected chi connectivity index (χ0v) is 31.7. The molecule has 48 heavy (non-hydrogen) atoms. The first-order valence-corrected chi connectivity index (χ1v) is 16.3. The Morgan fingerprint density at radius 1 is 0.625 bits per heavy atom. The monoisotopic (exact) mass is 814 g/mol. The van der Waals surface area contributed by atoms with Gasteiger partial charge >= 0.3 is 0 Å². The van der Waals surface area contributed by atoms with Crippen molar-refractivity contribution in [2.24, 2.45) is 7.05 Å². The molecule has 0 aliphatic rings. The van der Waals surface area contributed by atoms with Gasteiger partial charge in [0.1, 0.15) is 11.6 Å². The summed E-state index contributed by atoms with van der Waals surface area (Å²) >= 11 is 0. The van der Waals surface area contributed by atoms with Crippen molar-refractivity contribution in [1.29, 1.82) is 0 Å². The molecule has 0 aliphatic carbocycles. The number of anilines is 2. The van der Waals surface area contributed by atoms with E-state index in [1.807, 2.05) is 18.5 Å². The maximum absolute atomic E-state index is 5.23. The van der Waals surface area contributed by atoms with Crippen LogP contribution in [0.15, 0.2) is 109 Å². The summed E-state index contributed by atoms with van der Waals surface area (Å²) in [7, 11) is 4.22. The number of benzene rings is 3. The molecule has 6 heteroatoms. The Labute approximate surface area is 300 Å². The Hall–Kier alpha value is -4.34. The first-order valence-electron chi connectivity index (χ1n) is 16.3. The van der Waals surface area contributed by atoms with Crippen LogP contribution in [-0.2, 0) is 38.9 Å². The summed E-state index contributed by atoms with van der Waals surface area (Å²) in [6.45, 7) is 15.6. The molecule has 6 rings (SSSR count). The number of aryl methyl sites for hydroxylation is 1. The third-order valence-corrected chi connectivity index (χ3v) is 8.96. The van der Waals surface area contributed by atoms with Crippen LogP contribution in [0.5, 0.6) is 0 Å². The molecule has 3 aromatic heterocycles. The van der Waals surface area contributed by atoms with Gasteiger partial charge in [0.25, 0.3) is 0 Å². The topological polar surface area (TPSA) is 46.8 Å². The largest absolute Gasteiger partial charge is 0.331 e. The second-order valence-electron chi connectivity index (χ2n) is 14.5. The van der Waals surface area contributed by atoms with Gasteiger partial charge in [-0.05, 0) is 59.4 Å². The normalized spacial score (nSPS) is 11.7. The second-order valence-corrected chi connectivity index (χ2v) is 14.5. The predicted octanol–water partition coefficient (Wildman–Crippen LogP) is 10.5. The fourth-order valence-corrected chi connectivity index (χ4v) is 6.24. The van der Waals surface area contributed by atoms with Crippen LogP contribution in [0.3, 0.4) is 0 Å². The maximum atomic E-state index is 5.23. The summed E-state index contributed by atoms with van der Waals surface area (Å²) in [5.41, 5.74) is 11.7. The van der Waals surface area contributed by atoms with E-state index in [0.29, 0.717) is 0 Å². The van der Waals surface area contributed by atoms with Crippen molar-refractivity contribution in [1.82, 2.24) is 19.5 Å². The minimum atomic E-state index is -0.0382. The van der Waals surface area contributed by atoms with Gasteiger partial charge in [-0.1, -0.05) is 108 Å². The van der Waals surface area contributed by atoms with Crippen LogP contribution in [0.25, 0.3) is 45.0 Å². The number of aromatic nitrogens is 4. The number of pyridine rings is 2. The number of nitrogens with zero attached hydrogens (tertiary/aromatic N) is 5. The average Bonchev–Trinajstić information content (AvgIpc) is 3.46. The van der Waals surface area contributed by atoms with Gasteiger partial charge in [-0.15, -0.1) is 0 Å². The van der Waals surface area contributed by atoms with E-state index in [-0.39, 0.29) is 31.9 Å². The number of imidazole rings is 1. The summed E-state index contributed by atoms with van der Waals surface area (Å²) in [5, 5.41) is 0. The van der Waals surface area contributed by atoms with Crippen molar-refractivity contribution in [2.75, 3.05) is 11.9 Å². The quantitative estimate of drug-likeness (QED) is 0.168. The third-order valence-electron chi connectivity index (χ3n) is 8.96. The fourth-order valence-electron chi connectivity index (χ4n) is 6.24. The van der Waals surface area contributed by atoms with Crippen LogP contribution >= 0.6 is 0 Å². The predicted molar refractivity (Wildman–Crippen MR) is 197 cm³/mol. The van der Waals surface area contributed by atoms with Crippen LogP contribution in [-0.4, -0.2) is 26.6 Å². The smallest absolute Gasteiger partial charge is 0.142 e. The maximum Gasteiger partial charge on any atom is 0.142 e. The van der Waals surface area contributed by atoms with Gasteiger partial charge in [0.15, 0.2) is 0 Å². The molecule has 0 bridgehead atoms. The molecule has 5 nitrogen and oxygen atoms in total. The van der Waals surface area contributed by atoms with Crippen LogP contribution < -0.4 is 4.90 Å². The molecule has 0 amide bonds. The van der Waals surface area contributed by atoms with Crippen LogP contribution in [0.1, 0.15) is 58.4 Å². The van der Waals surface area contributed by atoms with Crippen LogP contribution in [0.2, 0.25) is 0 Å². The molecule has 6 aromatic rings. The van der Waals surface area contributed by atoms with Gasteiger partial charge in [-0.3, -0.25) is 0 Å². The summed E-state index contributed by atoms with van der Waals surface area (Å²) in [5.74, 6) is 1.76. The standard InChI is InChI=1S/C42H45N5.Pt/c1-28-16-13-14-19-32(28)35-20-15-21-36(45-35)33-24-30(29-17-11-10-12-18-29)26-43-39(33)46(8)37-23-22-31(41(2,3)4)25-34(37)40-44-27-38(47(40)9)42(5,6)7;/h10-27H,1-9H3;. The van der Waals surface area contributed by atoms with Crippen LogP contribution in [0, 0.1) is 6.92 Å². The molecular formula is C42H45N5Pt. The summed E-state index contributed by atoms with van der Waals surface area (Å²) < 4.78 is 2.24. The molecule has 0 N–H and O–H groups in total. The van der Waals surface area contributed by atoms with Crippen molar-refractivity contribution in [3.05, 3.63) is 126 Å². The van der Waals surface area contributed by atoms with E-state index in [1.165, 1.54) is 16.8 Å². The molecule has 0 spiro atoms. The zero-order valence-electron chi connectivity index (χ0n) is 29.4. The molecule has 0 saturated carbocycles. The van der Waals surface area contributed by atoms with E-state index in [9.17, 15) is 0 Å². The number of rotatable bonds is 6. The molecule has 0 unspecified atom stereocenters. The molecule has 248 valence electrons. The van der Waals surface area contributed by atoms with Crippen molar-refractivity contribution < 1.29 is 21.1 Å². The third kappa shape index (κ3) is 6.93. The number of hydrogen-bond acceptors (Lipinski definition) is 4. The van der Waals surface area contributed by atoms with E-state index in [1.54, 1.807) is 0 Å². The Bertz CT molecular complexity index is 2050. The molecule has 3 aromatic carbocycles. The number of hydrogen-bond donors (Lipinski definition) is 0. The average molecular weight is 815 g/mol. The van der Waals surface area contributed by atoms with Gasteiger partial charge in [-0.2, -0.15) is 0 Å². The Balaban J connectivity index is 0.00000451. The van der Waals surface area contributed by atoms with Crippen molar-refractivity contribution in [3.63, 3.8) is 0 Å². The van der Waals surface area contributed by atoms with Gasteiger partial charge < -0.3 is 9.47 Å². The summed E-state index contributed by atoms with van der Waals surface area (Å²) in [6, 6.07) is 34.1. The first kappa shape index (κ1) is 35.0. The van der Waals surface area contributed by atoms with Crippen molar-refractivity contribution >= 4 is 11.5 Å². The SMILES string of the molecule is Cc1ccccc1-c1cccc(-c2cc(-c3ccccc3)cnc2N(C)c2ccc(C(C)(C)C)cc2-c2ncc(C(C)(C)C)n2C)n1.[Pt]. The summed E-state index contributed by atoms with van der Waals surface area (Å²) in [4.78, 5) is 17.6. The van der Waals surface area contributed by atoms with Gasteiger partial charge in [0.2, 0.25) is 0 Å². The van der Waals surface area contributed by atoms with E-state index in [0.717, 1.165) is 56.5 Å². The minimum absolute atomic E-state index is 0. The van der Waals surface area contributed by atoms with Gasteiger partial charge in [0, 0.05) is 80.9 Å². The zero-order chi connectivity index (χ0) is 33.5. The van der Waals surface area contributed by atoms with Gasteiger partial charge in [0.05, 0.1) is 17.1 Å². The van der Waals surface area contributed by atoms with E-state index in [4.69, 9.17) is 15.0 Å².